The fourth-order valence-corrected chi connectivity index (χ4v) is 2.17. The Morgan fingerprint density at radius 1 is 1.06 bits per heavy atom. The predicted octanol–water partition coefficient (Wildman–Crippen LogP) is 4.06. The van der Waals surface area contributed by atoms with Crippen LogP contribution in [0.1, 0.15) is 41.2 Å². The molecule has 96 valence electrons. The summed E-state index contributed by atoms with van der Waals surface area (Å²) in [5.74, 6) is 1.96. The van der Waals surface area contributed by atoms with Crippen LogP contribution in [-0.4, -0.2) is 0 Å². The van der Waals surface area contributed by atoms with Crippen molar-refractivity contribution >= 4 is 0 Å². The fraction of sp³-hybridized carbons (Fsp3) is 0.375. The molecule has 2 heteroatoms. The summed E-state index contributed by atoms with van der Waals surface area (Å²) in [4.78, 5) is 0. The highest BCUT2D eigenvalue weighted by molar-refractivity contribution is 5.33. The molecule has 0 saturated heterocycles. The van der Waals surface area contributed by atoms with Gasteiger partial charge in [0, 0.05) is 6.54 Å². The summed E-state index contributed by atoms with van der Waals surface area (Å²) in [7, 11) is 0. The Hall–Kier alpha value is -1.54. The fourth-order valence-electron chi connectivity index (χ4n) is 2.17. The lowest BCUT2D eigenvalue weighted by molar-refractivity contribution is 0.415. The van der Waals surface area contributed by atoms with Gasteiger partial charge in [0.05, 0.1) is 6.04 Å². The van der Waals surface area contributed by atoms with Crippen LogP contribution in [0.3, 0.4) is 0 Å². The molecule has 0 aliphatic rings. The molecule has 1 aromatic heterocycles. The molecule has 2 rings (SSSR count). The topological polar surface area (TPSA) is 25.2 Å². The number of furan rings is 1. The van der Waals surface area contributed by atoms with Crippen LogP contribution < -0.4 is 5.32 Å². The molecule has 1 aromatic carbocycles. The predicted molar refractivity (Wildman–Crippen MR) is 74.6 cm³/mol. The second-order valence-corrected chi connectivity index (χ2v) is 4.92. The van der Waals surface area contributed by atoms with Gasteiger partial charge in [-0.2, -0.15) is 0 Å². The van der Waals surface area contributed by atoms with E-state index in [1.165, 1.54) is 16.7 Å². The van der Waals surface area contributed by atoms with Crippen molar-refractivity contribution in [2.24, 2.45) is 0 Å². The smallest absolute Gasteiger partial charge is 0.120 e. The molecule has 18 heavy (non-hydrogen) atoms. The lowest BCUT2D eigenvalue weighted by Gasteiger charge is -2.14. The molecule has 0 fully saturated rings. The molecule has 1 unspecified atom stereocenters. The van der Waals surface area contributed by atoms with Gasteiger partial charge in [0.2, 0.25) is 0 Å². The second kappa shape index (κ2) is 5.40. The maximum atomic E-state index is 5.63. The van der Waals surface area contributed by atoms with Gasteiger partial charge in [0.1, 0.15) is 11.5 Å². The molecule has 0 aliphatic carbocycles. The molecule has 1 atom stereocenters. The summed E-state index contributed by atoms with van der Waals surface area (Å²) < 4.78 is 5.63. The van der Waals surface area contributed by atoms with Crippen molar-refractivity contribution in [2.45, 2.75) is 40.3 Å². The van der Waals surface area contributed by atoms with E-state index in [9.17, 15) is 0 Å². The summed E-state index contributed by atoms with van der Waals surface area (Å²) in [5.41, 5.74) is 4.06. The van der Waals surface area contributed by atoms with Crippen molar-refractivity contribution in [3.05, 3.63) is 58.5 Å². The largest absolute Gasteiger partial charge is 0.465 e. The van der Waals surface area contributed by atoms with Gasteiger partial charge in [-0.1, -0.05) is 18.2 Å². The number of aryl methyl sites for hydroxylation is 3. The van der Waals surface area contributed by atoms with Crippen molar-refractivity contribution in [3.63, 3.8) is 0 Å². The lowest BCUT2D eigenvalue weighted by Crippen LogP contribution is -2.18. The van der Waals surface area contributed by atoms with Gasteiger partial charge >= 0.3 is 0 Å². The normalized spacial score (nSPS) is 12.7. The van der Waals surface area contributed by atoms with Crippen LogP contribution in [-0.2, 0) is 6.54 Å². The average molecular weight is 243 g/mol. The van der Waals surface area contributed by atoms with E-state index in [1.54, 1.807) is 0 Å². The van der Waals surface area contributed by atoms with Crippen LogP contribution >= 0.6 is 0 Å². The van der Waals surface area contributed by atoms with Gasteiger partial charge in [-0.05, 0) is 56.5 Å². The zero-order valence-electron chi connectivity index (χ0n) is 11.6. The maximum absolute atomic E-state index is 5.63. The minimum absolute atomic E-state index is 0.234. The molecule has 0 spiro atoms. The van der Waals surface area contributed by atoms with E-state index >= 15 is 0 Å². The molecule has 0 aliphatic heterocycles. The van der Waals surface area contributed by atoms with Crippen molar-refractivity contribution in [3.8, 4) is 0 Å². The molecule has 0 radical (unpaired) electrons. The molecule has 2 nitrogen and oxygen atoms in total. The van der Waals surface area contributed by atoms with E-state index in [0.717, 1.165) is 18.1 Å². The van der Waals surface area contributed by atoms with Crippen molar-refractivity contribution in [1.29, 1.82) is 0 Å². The first-order valence-corrected chi connectivity index (χ1v) is 6.42. The van der Waals surface area contributed by atoms with E-state index in [0.29, 0.717) is 0 Å². The van der Waals surface area contributed by atoms with E-state index in [1.807, 2.05) is 19.1 Å². The van der Waals surface area contributed by atoms with E-state index in [2.05, 4.69) is 44.3 Å². The van der Waals surface area contributed by atoms with E-state index in [-0.39, 0.29) is 6.04 Å². The van der Waals surface area contributed by atoms with Crippen molar-refractivity contribution < 1.29 is 4.42 Å². The Morgan fingerprint density at radius 2 is 1.72 bits per heavy atom. The van der Waals surface area contributed by atoms with Crippen LogP contribution in [0.4, 0.5) is 0 Å². The monoisotopic (exact) mass is 243 g/mol. The van der Waals surface area contributed by atoms with Crippen LogP contribution in [0.2, 0.25) is 0 Å². The third-order valence-electron chi connectivity index (χ3n) is 3.42. The Labute approximate surface area is 109 Å². The molecule has 1 N–H and O–H groups in total. The summed E-state index contributed by atoms with van der Waals surface area (Å²) in [6, 6.07) is 10.7. The quantitative estimate of drug-likeness (QED) is 0.876. The number of nitrogens with one attached hydrogen (secondary N) is 1. The highest BCUT2D eigenvalue weighted by atomic mass is 16.3. The van der Waals surface area contributed by atoms with Crippen molar-refractivity contribution in [2.75, 3.05) is 0 Å². The van der Waals surface area contributed by atoms with Gasteiger partial charge in [0.25, 0.3) is 0 Å². The highest BCUT2D eigenvalue weighted by Gasteiger charge is 2.10. The van der Waals surface area contributed by atoms with Crippen LogP contribution in [0.5, 0.6) is 0 Å². The first-order valence-electron chi connectivity index (χ1n) is 6.42. The zero-order chi connectivity index (χ0) is 13.1. The van der Waals surface area contributed by atoms with Crippen LogP contribution in [0, 0.1) is 20.8 Å². The van der Waals surface area contributed by atoms with Gasteiger partial charge in [-0.3, -0.25) is 0 Å². The number of benzene rings is 1. The van der Waals surface area contributed by atoms with Gasteiger partial charge in [-0.15, -0.1) is 0 Å². The lowest BCUT2D eigenvalue weighted by atomic mass is 10.0. The summed E-state index contributed by atoms with van der Waals surface area (Å²) in [6.07, 6.45) is 0. The summed E-state index contributed by atoms with van der Waals surface area (Å²) in [5, 5.41) is 3.52. The standard InChI is InChI=1S/C16H21NO/c1-11-6-5-7-12(2)15(11)10-17-14(4)16-9-8-13(3)18-16/h5-9,14,17H,10H2,1-4H3. The van der Waals surface area contributed by atoms with Gasteiger partial charge < -0.3 is 9.73 Å². The van der Waals surface area contributed by atoms with Crippen LogP contribution in [0.15, 0.2) is 34.7 Å². The Morgan fingerprint density at radius 3 is 2.28 bits per heavy atom. The second-order valence-electron chi connectivity index (χ2n) is 4.92. The number of hydrogen-bond acceptors (Lipinski definition) is 2. The third kappa shape index (κ3) is 2.82. The zero-order valence-corrected chi connectivity index (χ0v) is 11.6. The van der Waals surface area contributed by atoms with Crippen molar-refractivity contribution in [1.82, 2.24) is 5.32 Å². The molecule has 0 amide bonds. The molecular formula is C16H21NO. The molecule has 0 bridgehead atoms. The minimum atomic E-state index is 0.234. The maximum Gasteiger partial charge on any atom is 0.120 e. The SMILES string of the molecule is Cc1ccc(C(C)NCc2c(C)cccc2C)o1. The van der Waals surface area contributed by atoms with Gasteiger partial charge in [0.15, 0.2) is 0 Å². The molecule has 2 aromatic rings. The molecule has 0 saturated carbocycles. The Kier molecular flexibility index (Phi) is 3.87. The molecule has 1 heterocycles. The first-order chi connectivity index (χ1) is 8.58. The molecular weight excluding hydrogens is 222 g/mol. The third-order valence-corrected chi connectivity index (χ3v) is 3.42. The summed E-state index contributed by atoms with van der Waals surface area (Å²) >= 11 is 0. The highest BCUT2D eigenvalue weighted by Crippen LogP contribution is 2.18. The first kappa shape index (κ1) is 12.9. The Bertz CT molecular complexity index is 507. The number of hydrogen-bond donors (Lipinski definition) is 1. The minimum Gasteiger partial charge on any atom is -0.465 e. The van der Waals surface area contributed by atoms with E-state index in [4.69, 9.17) is 4.42 Å². The van der Waals surface area contributed by atoms with Gasteiger partial charge in [-0.25, -0.2) is 0 Å². The number of rotatable bonds is 4. The van der Waals surface area contributed by atoms with E-state index < -0.39 is 0 Å². The Balaban J connectivity index is 2.03. The van der Waals surface area contributed by atoms with Crippen LogP contribution in [0.25, 0.3) is 0 Å². The summed E-state index contributed by atoms with van der Waals surface area (Å²) in [6.45, 7) is 9.30. The average Bonchev–Trinajstić information content (AvgIpc) is 2.75.